The van der Waals surface area contributed by atoms with Crippen LogP contribution in [0.5, 0.6) is 0 Å². The summed E-state index contributed by atoms with van der Waals surface area (Å²) in [5.41, 5.74) is 8.74. The van der Waals surface area contributed by atoms with E-state index in [0.717, 1.165) is 12.8 Å². The van der Waals surface area contributed by atoms with Crippen molar-refractivity contribution in [3.8, 4) is 0 Å². The molecule has 0 aromatic heterocycles. The van der Waals surface area contributed by atoms with E-state index in [9.17, 15) is 0 Å². The largest absolute Gasteiger partial charge is 0.134 e. The van der Waals surface area contributed by atoms with Gasteiger partial charge in [0.25, 0.3) is 0 Å². The van der Waals surface area contributed by atoms with E-state index in [1.54, 1.807) is 0 Å². The zero-order chi connectivity index (χ0) is 12.3. The minimum Gasteiger partial charge on any atom is -0.105 e. The summed E-state index contributed by atoms with van der Waals surface area (Å²) in [4.78, 5) is 0. The van der Waals surface area contributed by atoms with Crippen LogP contribution in [0.3, 0.4) is 0 Å². The predicted molar refractivity (Wildman–Crippen MR) is 81.5 cm³/mol. The van der Waals surface area contributed by atoms with Crippen LogP contribution in [-0.4, -0.2) is 7.85 Å². The quantitative estimate of drug-likeness (QED) is 0.609. The topological polar surface area (TPSA) is 0 Å². The van der Waals surface area contributed by atoms with Gasteiger partial charge in [0.2, 0.25) is 0 Å². The molecule has 0 bridgehead atoms. The average molecular weight is 230 g/mol. The van der Waals surface area contributed by atoms with Crippen LogP contribution in [0.1, 0.15) is 29.2 Å². The second kappa shape index (κ2) is 3.38. The van der Waals surface area contributed by atoms with Crippen molar-refractivity contribution in [2.45, 2.75) is 19.8 Å². The predicted octanol–water partition coefficient (Wildman–Crippen LogP) is 3.33. The molecule has 0 nitrogen and oxygen atoms in total. The van der Waals surface area contributed by atoms with Gasteiger partial charge in [-0.15, -0.1) is 5.47 Å². The first-order valence-corrected chi connectivity index (χ1v) is 6.64. The highest BCUT2D eigenvalue weighted by Crippen LogP contribution is 2.38. The molecule has 0 N–H and O–H groups in total. The molecule has 86 valence electrons. The van der Waals surface area contributed by atoms with Crippen LogP contribution in [0.2, 0.25) is 0 Å². The summed E-state index contributed by atoms with van der Waals surface area (Å²) in [6.45, 7) is 2.23. The Bertz CT molecular complexity index is 683. The van der Waals surface area contributed by atoms with Crippen molar-refractivity contribution in [1.82, 2.24) is 0 Å². The van der Waals surface area contributed by atoms with E-state index >= 15 is 0 Å². The lowest BCUT2D eigenvalue weighted by atomic mass is 9.77. The zero-order valence-corrected chi connectivity index (χ0v) is 10.9. The molecule has 0 saturated heterocycles. The third-order valence-electron chi connectivity index (χ3n) is 4.14. The monoisotopic (exact) mass is 230 g/mol. The van der Waals surface area contributed by atoms with E-state index in [2.05, 4.69) is 51.2 Å². The number of benzene rings is 2. The Kier molecular flexibility index (Phi) is 1.92. The molecule has 4 rings (SSSR count). The Morgan fingerprint density at radius 3 is 2.17 bits per heavy atom. The van der Waals surface area contributed by atoms with E-state index in [1.807, 2.05) is 0 Å². The minimum atomic E-state index is 1.11. The Balaban J connectivity index is 2.20. The maximum atomic E-state index is 2.35. The number of hydrogen-bond acceptors (Lipinski definition) is 0. The van der Waals surface area contributed by atoms with Crippen molar-refractivity contribution >= 4 is 30.8 Å². The first-order chi connectivity index (χ1) is 8.72. The first-order valence-electron chi connectivity index (χ1n) is 6.64. The van der Waals surface area contributed by atoms with Crippen LogP contribution in [0.25, 0.3) is 22.9 Å². The Hall–Kier alpha value is -1.76. The maximum absolute atomic E-state index is 2.35. The van der Waals surface area contributed by atoms with Crippen LogP contribution in [0.15, 0.2) is 35.3 Å². The summed E-state index contributed by atoms with van der Waals surface area (Å²) < 4.78 is 0. The normalized spacial score (nSPS) is 16.5. The number of rotatable bonds is 0. The molecular formula is C17H15B. The Morgan fingerprint density at radius 2 is 1.44 bits per heavy atom. The molecule has 2 aromatic carbocycles. The summed E-state index contributed by atoms with van der Waals surface area (Å²) in [6.07, 6.45) is 6.91. The van der Waals surface area contributed by atoms with Crippen molar-refractivity contribution in [3.63, 3.8) is 0 Å². The molecule has 0 saturated carbocycles. The van der Waals surface area contributed by atoms with E-state index in [1.165, 1.54) is 44.1 Å². The maximum Gasteiger partial charge on any atom is 0.134 e. The van der Waals surface area contributed by atoms with Crippen LogP contribution < -0.4 is 0 Å². The van der Waals surface area contributed by atoms with Crippen molar-refractivity contribution in [2.75, 3.05) is 0 Å². The van der Waals surface area contributed by atoms with E-state index in [0.29, 0.717) is 0 Å². The molecule has 0 fully saturated rings. The lowest BCUT2D eigenvalue weighted by Crippen LogP contribution is -2.04. The summed E-state index contributed by atoms with van der Waals surface area (Å²) in [6, 6.07) is 9.23. The molecule has 0 unspecified atom stereocenters. The second-order valence-corrected chi connectivity index (χ2v) is 5.71. The van der Waals surface area contributed by atoms with Gasteiger partial charge in [-0.3, -0.25) is 0 Å². The molecule has 0 aliphatic heterocycles. The van der Waals surface area contributed by atoms with E-state index in [4.69, 9.17) is 0 Å². The highest BCUT2D eigenvalue weighted by atomic mass is 14.2. The minimum absolute atomic E-state index is 1.11. The van der Waals surface area contributed by atoms with Gasteiger partial charge < -0.3 is 0 Å². The molecular weight excluding hydrogens is 215 g/mol. The van der Waals surface area contributed by atoms with Crippen LogP contribution in [0, 0.1) is 0 Å². The fraction of sp³-hybridized carbons (Fsp3) is 0.176. The standard InChI is InChI=1S/C17H15B/c1-10-6-11-2-4-13-8-15(18)9-14-5-3-12(7-10)16(11)17(13)14/h2-6,9H,7-8,18H2,1H3. The van der Waals surface area contributed by atoms with E-state index < -0.39 is 0 Å². The van der Waals surface area contributed by atoms with Crippen molar-refractivity contribution in [2.24, 2.45) is 0 Å². The van der Waals surface area contributed by atoms with Crippen molar-refractivity contribution in [3.05, 3.63) is 57.6 Å². The SMILES string of the molecule is BC1=Cc2ccc3c4c(ccc(c24)C1)C=C(C)C3. The summed E-state index contributed by atoms with van der Waals surface area (Å²) in [5, 5.41) is 3.00. The van der Waals surface area contributed by atoms with Gasteiger partial charge in [0.1, 0.15) is 7.85 Å². The van der Waals surface area contributed by atoms with Gasteiger partial charge in [-0.05, 0) is 52.8 Å². The molecule has 0 spiro atoms. The third kappa shape index (κ3) is 1.28. The third-order valence-corrected chi connectivity index (χ3v) is 4.14. The van der Waals surface area contributed by atoms with Crippen molar-refractivity contribution in [1.29, 1.82) is 0 Å². The number of allylic oxidation sites excluding steroid dienone is 2. The summed E-state index contributed by atoms with van der Waals surface area (Å²) >= 11 is 0. The molecule has 2 aromatic rings. The molecule has 0 atom stereocenters. The molecule has 0 radical (unpaired) electrons. The average Bonchev–Trinajstić information content (AvgIpc) is 2.34. The Morgan fingerprint density at radius 1 is 0.833 bits per heavy atom. The summed E-state index contributed by atoms with van der Waals surface area (Å²) in [5.74, 6) is 0. The number of hydrogen-bond donors (Lipinski definition) is 0. The van der Waals surface area contributed by atoms with Gasteiger partial charge in [-0.1, -0.05) is 42.0 Å². The summed E-state index contributed by atoms with van der Waals surface area (Å²) in [7, 11) is 2.23. The fourth-order valence-electron chi connectivity index (χ4n) is 3.46. The van der Waals surface area contributed by atoms with Crippen LogP contribution >= 0.6 is 0 Å². The Labute approximate surface area is 108 Å². The molecule has 18 heavy (non-hydrogen) atoms. The van der Waals surface area contributed by atoms with Crippen LogP contribution in [0.4, 0.5) is 0 Å². The molecule has 1 heteroatoms. The van der Waals surface area contributed by atoms with Gasteiger partial charge in [-0.25, -0.2) is 0 Å². The lowest BCUT2D eigenvalue weighted by Gasteiger charge is -2.22. The molecule has 0 heterocycles. The van der Waals surface area contributed by atoms with Gasteiger partial charge in [-0.2, -0.15) is 0 Å². The van der Waals surface area contributed by atoms with Crippen LogP contribution in [-0.2, 0) is 12.8 Å². The molecule has 0 amide bonds. The van der Waals surface area contributed by atoms with E-state index in [-0.39, 0.29) is 0 Å². The lowest BCUT2D eigenvalue weighted by molar-refractivity contribution is 1.15. The molecule has 2 aliphatic rings. The smallest absolute Gasteiger partial charge is 0.105 e. The van der Waals surface area contributed by atoms with Gasteiger partial charge in [0.15, 0.2) is 0 Å². The fourth-order valence-corrected chi connectivity index (χ4v) is 3.46. The van der Waals surface area contributed by atoms with Crippen molar-refractivity contribution < 1.29 is 0 Å². The van der Waals surface area contributed by atoms with Gasteiger partial charge in [0.05, 0.1) is 0 Å². The molecule has 2 aliphatic carbocycles. The zero-order valence-electron chi connectivity index (χ0n) is 10.9. The van der Waals surface area contributed by atoms with Gasteiger partial charge in [0, 0.05) is 0 Å². The second-order valence-electron chi connectivity index (χ2n) is 5.71. The highest BCUT2D eigenvalue weighted by Gasteiger charge is 2.18. The van der Waals surface area contributed by atoms with Gasteiger partial charge >= 0.3 is 0 Å². The highest BCUT2D eigenvalue weighted by molar-refractivity contribution is 6.25. The first kappa shape index (κ1) is 10.2.